The Labute approximate surface area is 103 Å². The van der Waals surface area contributed by atoms with Crippen LogP contribution in [0.4, 0.5) is 0 Å². The Bertz CT molecular complexity index is 332. The summed E-state index contributed by atoms with van der Waals surface area (Å²) in [6, 6.07) is 0. The normalized spacial score (nSPS) is 18.2. The maximum Gasteiger partial charge on any atom is 0.172 e. The van der Waals surface area contributed by atoms with Crippen molar-refractivity contribution in [2.45, 2.75) is 39.5 Å². The molecule has 0 aromatic heterocycles. The fraction of sp³-hybridized carbons (Fsp3) is 0.538. The van der Waals surface area contributed by atoms with E-state index in [2.05, 4.69) is 0 Å². The SMILES string of the molecule is CC/C=C(\CC)[NH+]([O-])OC1=CCC=C(OC)C1. The Balaban J connectivity index is 2.54. The van der Waals surface area contributed by atoms with Gasteiger partial charge in [0.1, 0.15) is 5.70 Å². The zero-order valence-electron chi connectivity index (χ0n) is 10.8. The second-order valence-electron chi connectivity index (χ2n) is 3.84. The monoisotopic (exact) mass is 239 g/mol. The smallest absolute Gasteiger partial charge is 0.172 e. The van der Waals surface area contributed by atoms with Gasteiger partial charge in [0.2, 0.25) is 0 Å². The first-order valence-electron chi connectivity index (χ1n) is 6.04. The lowest BCUT2D eigenvalue weighted by molar-refractivity contribution is -1.01. The number of hydroxylamine groups is 2. The molecule has 0 aliphatic heterocycles. The first kappa shape index (κ1) is 13.8. The molecule has 96 valence electrons. The number of hydrogen-bond acceptors (Lipinski definition) is 3. The molecule has 0 saturated heterocycles. The Morgan fingerprint density at radius 2 is 2.12 bits per heavy atom. The highest BCUT2D eigenvalue weighted by atomic mass is 16.9. The molecule has 0 bridgehead atoms. The molecule has 0 aromatic carbocycles. The summed E-state index contributed by atoms with van der Waals surface area (Å²) in [5.74, 6) is 1.54. The summed E-state index contributed by atoms with van der Waals surface area (Å²) in [7, 11) is 1.63. The first-order valence-corrected chi connectivity index (χ1v) is 6.04. The molecule has 1 rings (SSSR count). The molecule has 0 heterocycles. The van der Waals surface area contributed by atoms with E-state index < -0.39 is 0 Å². The number of hydrogen-bond donors (Lipinski definition) is 1. The van der Waals surface area contributed by atoms with Crippen molar-refractivity contribution in [3.63, 3.8) is 0 Å². The van der Waals surface area contributed by atoms with Crippen LogP contribution in [0.3, 0.4) is 0 Å². The van der Waals surface area contributed by atoms with E-state index in [1.54, 1.807) is 7.11 Å². The molecule has 4 nitrogen and oxygen atoms in total. The Morgan fingerprint density at radius 1 is 1.41 bits per heavy atom. The topological polar surface area (TPSA) is 46.0 Å². The molecule has 1 atom stereocenters. The summed E-state index contributed by atoms with van der Waals surface area (Å²) in [5.41, 5.74) is 0.738. The standard InChI is InChI=1S/C13H21NO3/c1-4-7-11(5-2)14(15)17-13-9-6-8-12(10-13)16-3/h7-9,14H,4-6,10H2,1-3H3/b11-7+. The van der Waals surface area contributed by atoms with Gasteiger partial charge in [0, 0.05) is 6.42 Å². The van der Waals surface area contributed by atoms with E-state index in [9.17, 15) is 5.21 Å². The molecule has 0 spiro atoms. The number of nitrogens with one attached hydrogen (secondary N) is 1. The van der Waals surface area contributed by atoms with Crippen LogP contribution in [0.25, 0.3) is 0 Å². The quantitative estimate of drug-likeness (QED) is 0.723. The van der Waals surface area contributed by atoms with E-state index in [0.717, 1.165) is 24.3 Å². The fourth-order valence-corrected chi connectivity index (χ4v) is 1.67. The van der Waals surface area contributed by atoms with Gasteiger partial charge in [-0.2, -0.15) is 5.23 Å². The zero-order valence-corrected chi connectivity index (χ0v) is 10.8. The third kappa shape index (κ3) is 4.24. The molecule has 1 aliphatic rings. The lowest BCUT2D eigenvalue weighted by Gasteiger charge is -2.24. The van der Waals surface area contributed by atoms with Gasteiger partial charge in [-0.3, -0.25) is 0 Å². The van der Waals surface area contributed by atoms with Crippen LogP contribution < -0.4 is 5.23 Å². The molecule has 1 unspecified atom stereocenters. The zero-order chi connectivity index (χ0) is 12.7. The first-order chi connectivity index (χ1) is 8.21. The van der Waals surface area contributed by atoms with E-state index >= 15 is 0 Å². The van der Waals surface area contributed by atoms with Crippen LogP contribution in [0.15, 0.2) is 35.4 Å². The summed E-state index contributed by atoms with van der Waals surface area (Å²) < 4.78 is 5.15. The van der Waals surface area contributed by atoms with Gasteiger partial charge < -0.3 is 14.8 Å². The minimum absolute atomic E-state index is 0.238. The Kier molecular flexibility index (Phi) is 5.80. The number of allylic oxidation sites excluding steroid dienone is 4. The van der Waals surface area contributed by atoms with E-state index in [1.165, 1.54) is 0 Å². The molecular weight excluding hydrogens is 218 g/mol. The molecule has 0 fully saturated rings. The van der Waals surface area contributed by atoms with Gasteiger partial charge in [-0.25, -0.2) is 0 Å². The van der Waals surface area contributed by atoms with Crippen LogP contribution in [-0.4, -0.2) is 7.11 Å². The molecule has 0 saturated carbocycles. The molecule has 0 aromatic rings. The lowest BCUT2D eigenvalue weighted by Crippen LogP contribution is -3.04. The molecule has 17 heavy (non-hydrogen) atoms. The molecular formula is C13H21NO3. The lowest BCUT2D eigenvalue weighted by atomic mass is 10.1. The van der Waals surface area contributed by atoms with Crippen LogP contribution in [0.1, 0.15) is 39.5 Å². The van der Waals surface area contributed by atoms with E-state index in [0.29, 0.717) is 18.6 Å². The van der Waals surface area contributed by atoms with Gasteiger partial charge in [0.15, 0.2) is 5.76 Å². The predicted molar refractivity (Wildman–Crippen MR) is 66.5 cm³/mol. The summed E-state index contributed by atoms with van der Waals surface area (Å²) in [6.45, 7) is 3.97. The fourth-order valence-electron chi connectivity index (χ4n) is 1.67. The van der Waals surface area contributed by atoms with Crippen LogP contribution >= 0.6 is 0 Å². The van der Waals surface area contributed by atoms with Gasteiger partial charge in [-0.1, -0.05) is 13.8 Å². The van der Waals surface area contributed by atoms with Crippen molar-refractivity contribution < 1.29 is 14.8 Å². The second-order valence-corrected chi connectivity index (χ2v) is 3.84. The number of methoxy groups -OCH3 is 1. The maximum absolute atomic E-state index is 11.8. The van der Waals surface area contributed by atoms with Gasteiger partial charge in [0.05, 0.1) is 19.3 Å². The van der Waals surface area contributed by atoms with E-state index in [-0.39, 0.29) is 5.23 Å². The van der Waals surface area contributed by atoms with Crippen LogP contribution in [-0.2, 0) is 9.57 Å². The minimum Gasteiger partial charge on any atom is -0.586 e. The van der Waals surface area contributed by atoms with Gasteiger partial charge in [0.25, 0.3) is 0 Å². The number of ether oxygens (including phenoxy) is 1. The van der Waals surface area contributed by atoms with Gasteiger partial charge in [-0.15, -0.1) is 0 Å². The molecule has 1 N–H and O–H groups in total. The number of quaternary nitrogens is 1. The molecule has 0 radical (unpaired) electrons. The molecule has 1 aliphatic carbocycles. The summed E-state index contributed by atoms with van der Waals surface area (Å²) in [6.07, 6.45) is 8.68. The highest BCUT2D eigenvalue weighted by molar-refractivity contribution is 5.14. The molecule has 4 heteroatoms. The third-order valence-corrected chi connectivity index (χ3v) is 2.62. The van der Waals surface area contributed by atoms with E-state index in [4.69, 9.17) is 9.57 Å². The predicted octanol–water partition coefficient (Wildman–Crippen LogP) is 2.21. The highest BCUT2D eigenvalue weighted by Crippen LogP contribution is 2.18. The molecule has 0 amide bonds. The summed E-state index contributed by atoms with van der Waals surface area (Å²) >= 11 is 0. The number of rotatable bonds is 6. The van der Waals surface area contributed by atoms with Crippen molar-refractivity contribution in [3.05, 3.63) is 40.7 Å². The van der Waals surface area contributed by atoms with Crippen LogP contribution in [0.5, 0.6) is 0 Å². The average Bonchev–Trinajstić information content (AvgIpc) is 2.36. The van der Waals surface area contributed by atoms with E-state index in [1.807, 2.05) is 32.1 Å². The van der Waals surface area contributed by atoms with Crippen molar-refractivity contribution in [1.82, 2.24) is 0 Å². The van der Waals surface area contributed by atoms with Crippen molar-refractivity contribution in [3.8, 4) is 0 Å². The minimum atomic E-state index is -0.238. The highest BCUT2D eigenvalue weighted by Gasteiger charge is 2.14. The van der Waals surface area contributed by atoms with Crippen molar-refractivity contribution in [2.75, 3.05) is 7.11 Å². The van der Waals surface area contributed by atoms with Crippen molar-refractivity contribution >= 4 is 0 Å². The van der Waals surface area contributed by atoms with Crippen LogP contribution in [0.2, 0.25) is 0 Å². The van der Waals surface area contributed by atoms with Crippen molar-refractivity contribution in [2.24, 2.45) is 0 Å². The van der Waals surface area contributed by atoms with Gasteiger partial charge >= 0.3 is 0 Å². The third-order valence-electron chi connectivity index (χ3n) is 2.62. The maximum atomic E-state index is 11.8. The largest absolute Gasteiger partial charge is 0.586 e. The Morgan fingerprint density at radius 3 is 2.71 bits per heavy atom. The Hall–Kier alpha value is -1.26. The van der Waals surface area contributed by atoms with Gasteiger partial charge in [-0.05, 0) is 31.1 Å². The second kappa shape index (κ2) is 7.14. The average molecular weight is 239 g/mol. The van der Waals surface area contributed by atoms with Crippen molar-refractivity contribution in [1.29, 1.82) is 0 Å². The van der Waals surface area contributed by atoms with Crippen LogP contribution in [0, 0.1) is 5.21 Å². The summed E-state index contributed by atoms with van der Waals surface area (Å²) in [5, 5.41) is 11.6. The summed E-state index contributed by atoms with van der Waals surface area (Å²) in [4.78, 5) is 5.36.